The summed E-state index contributed by atoms with van der Waals surface area (Å²) in [6.07, 6.45) is -0.172. The molecule has 1 aromatic rings. The maximum absolute atomic E-state index is 11.8. The lowest BCUT2D eigenvalue weighted by Crippen LogP contribution is -2.26. The van der Waals surface area contributed by atoms with Gasteiger partial charge in [0.15, 0.2) is 5.78 Å². The number of carboxylic acid groups (broad SMARTS) is 1. The highest BCUT2D eigenvalue weighted by molar-refractivity contribution is 5.96. The number of hydrogen-bond acceptors (Lipinski definition) is 3. The number of hydrogen-bond donors (Lipinski definition) is 2. The fourth-order valence-corrected chi connectivity index (χ4v) is 1.51. The molecule has 0 heterocycles. The minimum Gasteiger partial charge on any atom is -0.465 e. The van der Waals surface area contributed by atoms with Crippen molar-refractivity contribution >= 4 is 11.9 Å². The van der Waals surface area contributed by atoms with E-state index in [9.17, 15) is 9.59 Å². The SMILES string of the molecule is CN(CCCC(=O)c1ccc(CO)cc1)C(=O)O. The maximum atomic E-state index is 11.8. The van der Waals surface area contributed by atoms with Gasteiger partial charge in [-0.15, -0.1) is 0 Å². The van der Waals surface area contributed by atoms with E-state index in [0.29, 0.717) is 24.9 Å². The Balaban J connectivity index is 2.42. The van der Waals surface area contributed by atoms with Crippen molar-refractivity contribution in [2.45, 2.75) is 19.4 Å². The van der Waals surface area contributed by atoms with Gasteiger partial charge in [0.25, 0.3) is 0 Å². The van der Waals surface area contributed by atoms with E-state index in [1.54, 1.807) is 24.3 Å². The van der Waals surface area contributed by atoms with E-state index in [2.05, 4.69) is 0 Å². The maximum Gasteiger partial charge on any atom is 0.407 e. The normalized spacial score (nSPS) is 10.1. The molecular weight excluding hydrogens is 234 g/mol. The molecule has 0 unspecified atom stereocenters. The molecule has 0 atom stereocenters. The van der Waals surface area contributed by atoms with Crippen molar-refractivity contribution < 1.29 is 19.8 Å². The summed E-state index contributed by atoms with van der Waals surface area (Å²) in [7, 11) is 1.48. The molecule has 0 bridgehead atoms. The van der Waals surface area contributed by atoms with Crippen LogP contribution in [0, 0.1) is 0 Å². The summed E-state index contributed by atoms with van der Waals surface area (Å²) in [5.41, 5.74) is 1.35. The lowest BCUT2D eigenvalue weighted by Gasteiger charge is -2.11. The number of ketones is 1. The number of aliphatic hydroxyl groups excluding tert-OH is 1. The summed E-state index contributed by atoms with van der Waals surface area (Å²) in [5, 5.41) is 17.5. The van der Waals surface area contributed by atoms with Crippen LogP contribution in [0.2, 0.25) is 0 Å². The zero-order valence-electron chi connectivity index (χ0n) is 10.3. The molecule has 0 fully saturated rings. The van der Waals surface area contributed by atoms with Crippen molar-refractivity contribution in [1.82, 2.24) is 4.90 Å². The summed E-state index contributed by atoms with van der Waals surface area (Å²) in [4.78, 5) is 23.5. The minimum atomic E-state index is -0.991. The fraction of sp³-hybridized carbons (Fsp3) is 0.385. The second-order valence-corrected chi connectivity index (χ2v) is 4.09. The van der Waals surface area contributed by atoms with Gasteiger partial charge in [0.1, 0.15) is 0 Å². The van der Waals surface area contributed by atoms with Gasteiger partial charge in [-0.2, -0.15) is 0 Å². The van der Waals surface area contributed by atoms with E-state index < -0.39 is 6.09 Å². The van der Waals surface area contributed by atoms with Gasteiger partial charge in [0, 0.05) is 25.6 Å². The van der Waals surface area contributed by atoms with E-state index in [-0.39, 0.29) is 12.4 Å². The molecule has 18 heavy (non-hydrogen) atoms. The first-order valence-electron chi connectivity index (χ1n) is 5.71. The number of rotatable bonds is 6. The van der Waals surface area contributed by atoms with Gasteiger partial charge in [-0.1, -0.05) is 24.3 Å². The van der Waals surface area contributed by atoms with Crippen LogP contribution in [0.25, 0.3) is 0 Å². The predicted molar refractivity (Wildman–Crippen MR) is 66.6 cm³/mol. The Labute approximate surface area is 106 Å². The van der Waals surface area contributed by atoms with E-state index in [1.807, 2.05) is 0 Å². The molecule has 1 amide bonds. The lowest BCUT2D eigenvalue weighted by molar-refractivity contribution is 0.0973. The van der Waals surface area contributed by atoms with Crippen molar-refractivity contribution in [3.63, 3.8) is 0 Å². The molecule has 0 saturated carbocycles. The van der Waals surface area contributed by atoms with Gasteiger partial charge in [0.05, 0.1) is 6.61 Å². The first kappa shape index (κ1) is 14.2. The molecule has 0 aromatic heterocycles. The molecular formula is C13H17NO4. The molecule has 0 aliphatic rings. The summed E-state index contributed by atoms with van der Waals surface area (Å²) in [6, 6.07) is 6.76. The molecule has 98 valence electrons. The number of carbonyl (C=O) groups is 2. The Kier molecular flexibility index (Phi) is 5.32. The fourth-order valence-electron chi connectivity index (χ4n) is 1.51. The lowest BCUT2D eigenvalue weighted by atomic mass is 10.0. The van der Waals surface area contributed by atoms with Gasteiger partial charge >= 0.3 is 6.09 Å². The van der Waals surface area contributed by atoms with Crippen LogP contribution in [0.3, 0.4) is 0 Å². The molecule has 0 spiro atoms. The van der Waals surface area contributed by atoms with Crippen LogP contribution in [0.1, 0.15) is 28.8 Å². The van der Waals surface area contributed by atoms with Crippen molar-refractivity contribution in [1.29, 1.82) is 0 Å². The molecule has 5 heteroatoms. The van der Waals surface area contributed by atoms with E-state index >= 15 is 0 Å². The number of carbonyl (C=O) groups excluding carboxylic acids is 1. The number of Topliss-reactive ketones (excluding diaryl/α,β-unsaturated/α-hetero) is 1. The number of benzene rings is 1. The largest absolute Gasteiger partial charge is 0.465 e. The highest BCUT2D eigenvalue weighted by atomic mass is 16.4. The molecule has 1 rings (SSSR count). The molecule has 5 nitrogen and oxygen atoms in total. The van der Waals surface area contributed by atoms with Gasteiger partial charge in [-0.05, 0) is 12.0 Å². The van der Waals surface area contributed by atoms with Crippen LogP contribution in [0.4, 0.5) is 4.79 Å². The zero-order chi connectivity index (χ0) is 13.5. The second-order valence-electron chi connectivity index (χ2n) is 4.09. The van der Waals surface area contributed by atoms with Crippen LogP contribution in [-0.4, -0.2) is 40.6 Å². The average molecular weight is 251 g/mol. The Morgan fingerprint density at radius 1 is 1.22 bits per heavy atom. The van der Waals surface area contributed by atoms with Crippen LogP contribution in [-0.2, 0) is 6.61 Å². The Bertz CT molecular complexity index is 414. The molecule has 2 N–H and O–H groups in total. The number of amides is 1. The predicted octanol–water partition coefficient (Wildman–Crippen LogP) is 1.75. The van der Waals surface area contributed by atoms with Crippen molar-refractivity contribution in [3.05, 3.63) is 35.4 Å². The highest BCUT2D eigenvalue weighted by Crippen LogP contribution is 2.08. The summed E-state index contributed by atoms with van der Waals surface area (Å²) < 4.78 is 0. The molecule has 0 aliphatic carbocycles. The van der Waals surface area contributed by atoms with E-state index in [0.717, 1.165) is 10.5 Å². The number of aliphatic hydroxyl groups is 1. The molecule has 1 aromatic carbocycles. The minimum absolute atomic E-state index is 0.0155. The zero-order valence-corrected chi connectivity index (χ0v) is 10.3. The highest BCUT2D eigenvalue weighted by Gasteiger charge is 2.08. The van der Waals surface area contributed by atoms with E-state index in [4.69, 9.17) is 10.2 Å². The molecule has 0 aliphatic heterocycles. The van der Waals surface area contributed by atoms with Crippen LogP contribution < -0.4 is 0 Å². The Morgan fingerprint density at radius 2 is 1.83 bits per heavy atom. The standard InChI is InChI=1S/C13H17NO4/c1-14(13(17)18)8-2-3-12(16)11-6-4-10(9-15)5-7-11/h4-7,15H,2-3,8-9H2,1H3,(H,17,18). The monoisotopic (exact) mass is 251 g/mol. The third kappa shape index (κ3) is 4.18. The van der Waals surface area contributed by atoms with E-state index in [1.165, 1.54) is 7.05 Å². The summed E-state index contributed by atoms with van der Waals surface area (Å²) in [5.74, 6) is -0.0155. The van der Waals surface area contributed by atoms with Crippen molar-refractivity contribution in [3.8, 4) is 0 Å². The molecule has 0 saturated heterocycles. The third-order valence-corrected chi connectivity index (χ3v) is 2.68. The molecule has 0 radical (unpaired) electrons. The third-order valence-electron chi connectivity index (χ3n) is 2.68. The first-order valence-corrected chi connectivity index (χ1v) is 5.71. The Hall–Kier alpha value is -1.88. The average Bonchev–Trinajstić information content (AvgIpc) is 2.38. The van der Waals surface area contributed by atoms with Crippen molar-refractivity contribution in [2.24, 2.45) is 0 Å². The smallest absolute Gasteiger partial charge is 0.407 e. The van der Waals surface area contributed by atoms with Gasteiger partial charge < -0.3 is 15.1 Å². The second kappa shape index (κ2) is 6.76. The summed E-state index contributed by atoms with van der Waals surface area (Å²) in [6.45, 7) is 0.299. The summed E-state index contributed by atoms with van der Waals surface area (Å²) >= 11 is 0. The van der Waals surface area contributed by atoms with Crippen molar-refractivity contribution in [2.75, 3.05) is 13.6 Å². The van der Waals surface area contributed by atoms with Crippen LogP contribution in [0.15, 0.2) is 24.3 Å². The quantitative estimate of drug-likeness (QED) is 0.755. The van der Waals surface area contributed by atoms with Gasteiger partial charge in [-0.3, -0.25) is 4.79 Å². The number of nitrogens with zero attached hydrogens (tertiary/aromatic N) is 1. The van der Waals surface area contributed by atoms with Crippen LogP contribution >= 0.6 is 0 Å². The Morgan fingerprint density at radius 3 is 2.33 bits per heavy atom. The topological polar surface area (TPSA) is 77.8 Å². The first-order chi connectivity index (χ1) is 8.54. The van der Waals surface area contributed by atoms with Gasteiger partial charge in [0.2, 0.25) is 0 Å². The van der Waals surface area contributed by atoms with Crippen LogP contribution in [0.5, 0.6) is 0 Å². The van der Waals surface area contributed by atoms with Gasteiger partial charge in [-0.25, -0.2) is 4.79 Å².